The quantitative estimate of drug-likeness (QED) is 0.371. The van der Waals surface area contributed by atoms with Gasteiger partial charge in [0.05, 0.1) is 6.26 Å². The number of allylic oxidation sites excluding steroid dienone is 1. The molecule has 0 amide bonds. The van der Waals surface area contributed by atoms with Crippen LogP contribution in [0.15, 0.2) is 12.3 Å². The van der Waals surface area contributed by atoms with Gasteiger partial charge < -0.3 is 4.65 Å². The summed E-state index contributed by atoms with van der Waals surface area (Å²) in [6, 6.07) is 0. The molecule has 1 rings (SSSR count). The largest absolute Gasteiger partial charge is 0.569 e. The van der Waals surface area contributed by atoms with Crippen LogP contribution in [0.25, 0.3) is 0 Å². The van der Waals surface area contributed by atoms with Crippen molar-refractivity contribution in [2.24, 2.45) is 0 Å². The van der Waals surface area contributed by atoms with Crippen molar-refractivity contribution in [3.05, 3.63) is 12.3 Å². The molecule has 0 bridgehead atoms. The highest BCUT2D eigenvalue weighted by Gasteiger charge is 1.89. The van der Waals surface area contributed by atoms with E-state index >= 15 is 0 Å². The van der Waals surface area contributed by atoms with E-state index in [-0.39, 0.29) is 7.45 Å². The van der Waals surface area contributed by atoms with Crippen LogP contribution in [0.3, 0.4) is 0 Å². The molecule has 0 aromatic heterocycles. The van der Waals surface area contributed by atoms with Crippen LogP contribution >= 0.6 is 0 Å². The Labute approximate surface area is 33.3 Å². The molecule has 0 unspecified atom stereocenters. The number of hydrogen-bond acceptors (Lipinski definition) is 1. The molecule has 1 heterocycles. The average molecular weight is 68.9 g/mol. The van der Waals surface area contributed by atoms with Gasteiger partial charge in [0.25, 0.3) is 0 Å². The van der Waals surface area contributed by atoms with Crippen molar-refractivity contribution in [3.63, 3.8) is 0 Å². The maximum atomic E-state index is 6.85. The zero-order valence-electron chi connectivity index (χ0n) is 3.85. The SMILES string of the molecule is [2H]B1CC=CO1. The van der Waals surface area contributed by atoms with E-state index < -0.39 is 0 Å². The van der Waals surface area contributed by atoms with Gasteiger partial charge in [0.2, 0.25) is 0 Å². The van der Waals surface area contributed by atoms with Gasteiger partial charge in [-0.1, -0.05) is 6.08 Å². The lowest BCUT2D eigenvalue weighted by Crippen LogP contribution is -1.77. The maximum Gasteiger partial charge on any atom is 0.343 e. The molecule has 0 aromatic carbocycles. The molecule has 0 atom stereocenters. The zero-order chi connectivity index (χ0) is 4.41. The first-order valence-corrected chi connectivity index (χ1v) is 1.62. The summed E-state index contributed by atoms with van der Waals surface area (Å²) in [5.41, 5.74) is 0. The molecule has 2 heteroatoms. The normalized spacial score (nSPS) is 22.4. The van der Waals surface area contributed by atoms with Crippen molar-refractivity contribution in [2.45, 2.75) is 6.32 Å². The lowest BCUT2D eigenvalue weighted by atomic mass is 9.99. The smallest absolute Gasteiger partial charge is 0.343 e. The van der Waals surface area contributed by atoms with E-state index in [1.807, 2.05) is 6.08 Å². The molecule has 1 nitrogen and oxygen atoms in total. The van der Waals surface area contributed by atoms with E-state index in [0.717, 1.165) is 6.32 Å². The number of rotatable bonds is 0. The fourth-order valence-corrected chi connectivity index (χ4v) is 0.278. The molecular weight excluding hydrogens is 62.8 g/mol. The minimum absolute atomic E-state index is 0.315. The molecule has 1 aliphatic rings. The highest BCUT2D eigenvalue weighted by atomic mass is 16.4. The van der Waals surface area contributed by atoms with E-state index in [1.54, 1.807) is 6.26 Å². The Kier molecular flexibility index (Phi) is 0.439. The second-order valence-corrected chi connectivity index (χ2v) is 0.910. The van der Waals surface area contributed by atoms with Crippen LogP contribution in [-0.4, -0.2) is 8.78 Å². The number of hydrogen-bond donors (Lipinski definition) is 0. The molecule has 0 saturated heterocycles. The van der Waals surface area contributed by atoms with Crippen LogP contribution in [0.1, 0.15) is 0 Å². The van der Waals surface area contributed by atoms with Crippen LogP contribution in [-0.2, 0) is 4.65 Å². The van der Waals surface area contributed by atoms with Gasteiger partial charge in [-0.3, -0.25) is 0 Å². The molecule has 0 radical (unpaired) electrons. The molecule has 0 aliphatic carbocycles. The molecule has 1 aliphatic heterocycles. The van der Waals surface area contributed by atoms with Crippen molar-refractivity contribution < 1.29 is 4.65 Å². The van der Waals surface area contributed by atoms with Crippen LogP contribution in [0.2, 0.25) is 6.32 Å². The maximum absolute atomic E-state index is 6.85. The topological polar surface area (TPSA) is 9.23 Å². The van der Waals surface area contributed by atoms with Crippen LogP contribution in [0.5, 0.6) is 0 Å². The molecule has 0 spiro atoms. The Morgan fingerprint density at radius 1 is 2.20 bits per heavy atom. The van der Waals surface area contributed by atoms with E-state index in [4.69, 9.17) is 1.34 Å². The summed E-state index contributed by atoms with van der Waals surface area (Å²) in [6.07, 6.45) is 4.16. The first kappa shape index (κ1) is 1.90. The second-order valence-electron chi connectivity index (χ2n) is 0.910. The summed E-state index contributed by atoms with van der Waals surface area (Å²) < 4.78 is 11.5. The molecule has 0 N–H and O–H groups in total. The van der Waals surface area contributed by atoms with Gasteiger partial charge in [0, 0.05) is 1.34 Å². The van der Waals surface area contributed by atoms with E-state index in [2.05, 4.69) is 4.65 Å². The van der Waals surface area contributed by atoms with Crippen molar-refractivity contribution in [2.75, 3.05) is 0 Å². The van der Waals surface area contributed by atoms with Crippen LogP contribution < -0.4 is 0 Å². The molecule has 26 valence electrons. The van der Waals surface area contributed by atoms with Crippen molar-refractivity contribution in [1.82, 2.24) is 0 Å². The zero-order valence-corrected chi connectivity index (χ0v) is 2.85. The molecule has 0 fully saturated rings. The van der Waals surface area contributed by atoms with E-state index in [0.29, 0.717) is 0 Å². The van der Waals surface area contributed by atoms with Gasteiger partial charge in [-0.25, -0.2) is 0 Å². The van der Waals surface area contributed by atoms with Crippen molar-refractivity contribution >= 4 is 7.45 Å². The third-order valence-electron chi connectivity index (χ3n) is 0.503. The standard InChI is InChI=1S/C3H5BO/c1-2-4-5-3-1/h1,3-4H,2H2/i4D. The summed E-state index contributed by atoms with van der Waals surface area (Å²) >= 11 is 0. The summed E-state index contributed by atoms with van der Waals surface area (Å²) in [6.45, 7) is 0. The lowest BCUT2D eigenvalue weighted by Gasteiger charge is -1.77. The first-order valence-electron chi connectivity index (χ1n) is 2.20. The van der Waals surface area contributed by atoms with Gasteiger partial charge in [0.15, 0.2) is 0 Å². The monoisotopic (exact) mass is 69.0 g/mol. The molecule has 0 aromatic rings. The third kappa shape index (κ3) is 0.438. The Morgan fingerprint density at radius 3 is 3.40 bits per heavy atom. The Bertz CT molecular complexity index is 65.2. The second kappa shape index (κ2) is 1.15. The molecular formula is C3H5BO. The Morgan fingerprint density at radius 2 is 3.20 bits per heavy atom. The predicted molar refractivity (Wildman–Crippen MR) is 22.2 cm³/mol. The summed E-state index contributed by atoms with van der Waals surface area (Å²) in [5.74, 6) is 0. The Hall–Kier alpha value is -0.395. The first-order chi connectivity index (χ1) is 2.89. The third-order valence-corrected chi connectivity index (χ3v) is 0.503. The van der Waals surface area contributed by atoms with Gasteiger partial charge in [-0.05, 0) is 6.32 Å². The van der Waals surface area contributed by atoms with Gasteiger partial charge in [0.1, 0.15) is 0 Å². The lowest BCUT2D eigenvalue weighted by molar-refractivity contribution is 0.531. The van der Waals surface area contributed by atoms with Gasteiger partial charge in [-0.15, -0.1) is 0 Å². The highest BCUT2D eigenvalue weighted by Crippen LogP contribution is 1.91. The predicted octanol–water partition coefficient (Wildman–Crippen LogP) is 0.300. The average Bonchev–Trinajstić information content (AvgIpc) is 1.86. The fraction of sp³-hybridized carbons (Fsp3) is 0.333. The minimum atomic E-state index is -0.315. The fourth-order valence-electron chi connectivity index (χ4n) is 0.278. The van der Waals surface area contributed by atoms with E-state index in [9.17, 15) is 0 Å². The van der Waals surface area contributed by atoms with Gasteiger partial charge >= 0.3 is 7.45 Å². The minimum Gasteiger partial charge on any atom is -0.569 e. The van der Waals surface area contributed by atoms with Crippen LogP contribution in [0.4, 0.5) is 0 Å². The van der Waals surface area contributed by atoms with E-state index in [1.165, 1.54) is 0 Å². The summed E-state index contributed by atoms with van der Waals surface area (Å²) in [7, 11) is -0.315. The van der Waals surface area contributed by atoms with Crippen molar-refractivity contribution in [1.29, 1.82) is 1.34 Å². The summed E-state index contributed by atoms with van der Waals surface area (Å²) in [4.78, 5) is 0. The molecule has 0 saturated carbocycles. The van der Waals surface area contributed by atoms with Crippen LogP contribution in [0, 0.1) is 0 Å². The van der Waals surface area contributed by atoms with Gasteiger partial charge in [-0.2, -0.15) is 0 Å². The summed E-state index contributed by atoms with van der Waals surface area (Å²) in [5, 5.41) is 0. The Balaban J connectivity index is 2.32. The molecule has 5 heavy (non-hydrogen) atoms. The highest BCUT2D eigenvalue weighted by molar-refractivity contribution is 6.29. The van der Waals surface area contributed by atoms with Crippen molar-refractivity contribution in [3.8, 4) is 0 Å².